The van der Waals surface area contributed by atoms with Crippen molar-refractivity contribution in [2.75, 3.05) is 0 Å². The molecule has 2 aromatic heterocycles. The molecule has 55 valence electrons. The molecule has 0 saturated carbocycles. The van der Waals surface area contributed by atoms with Crippen LogP contribution in [0.3, 0.4) is 0 Å². The number of aryl methyl sites for hydroxylation is 2. The monoisotopic (exact) mass is 147 g/mol. The van der Waals surface area contributed by atoms with Crippen LogP contribution < -0.4 is 0 Å². The van der Waals surface area contributed by atoms with Gasteiger partial charge in [-0.3, -0.25) is 0 Å². The number of aromatic nitrogens is 4. The normalized spacial score (nSPS) is 10.7. The summed E-state index contributed by atoms with van der Waals surface area (Å²) in [5.41, 5.74) is 1.98. The topological polar surface area (TPSA) is 43.1 Å². The molecule has 0 unspecified atom stereocenters. The Labute approximate surface area is 63.9 Å². The fraction of sp³-hybridized carbons (Fsp3) is 0.286. The average molecular weight is 147 g/mol. The van der Waals surface area contributed by atoms with Gasteiger partial charge in [-0.25, -0.2) is 9.50 Å². The van der Waals surface area contributed by atoms with Gasteiger partial charge in [-0.15, -0.1) is 5.10 Å². The molecule has 0 spiro atoms. The fourth-order valence-corrected chi connectivity index (χ4v) is 1.07. The molecular formula is C7H7N4. The summed E-state index contributed by atoms with van der Waals surface area (Å²) in [4.78, 5) is 8.01. The Bertz CT molecular complexity index is 390. The Morgan fingerprint density at radius 1 is 1.45 bits per heavy atom. The molecule has 0 aliphatic rings. The first-order valence-electron chi connectivity index (χ1n) is 3.34. The van der Waals surface area contributed by atoms with Crippen molar-refractivity contribution >= 4 is 5.78 Å². The van der Waals surface area contributed by atoms with Crippen LogP contribution in [0.25, 0.3) is 5.78 Å². The molecule has 1 radical (unpaired) electrons. The summed E-state index contributed by atoms with van der Waals surface area (Å²) in [6, 6.07) is 1.95. The molecule has 0 saturated heterocycles. The minimum Gasteiger partial charge on any atom is -0.216 e. The van der Waals surface area contributed by atoms with Crippen molar-refractivity contribution in [1.29, 1.82) is 0 Å². The van der Waals surface area contributed by atoms with E-state index in [1.165, 1.54) is 0 Å². The molecule has 4 nitrogen and oxygen atoms in total. The Morgan fingerprint density at radius 2 is 2.27 bits per heavy atom. The van der Waals surface area contributed by atoms with Crippen molar-refractivity contribution in [2.24, 2.45) is 0 Å². The first-order valence-corrected chi connectivity index (χ1v) is 3.34. The summed E-state index contributed by atoms with van der Waals surface area (Å²) in [6.07, 6.45) is 2.51. The molecule has 0 aliphatic carbocycles. The molecule has 4 heteroatoms. The molecule has 2 rings (SSSR count). The molecule has 0 bridgehead atoms. The molecule has 2 aromatic rings. The SMILES string of the molecule is Cc1cc(C)n2n[c]nc2n1. The van der Waals surface area contributed by atoms with Crippen molar-refractivity contribution < 1.29 is 0 Å². The second-order valence-electron chi connectivity index (χ2n) is 2.46. The van der Waals surface area contributed by atoms with Crippen molar-refractivity contribution in [3.8, 4) is 0 Å². The zero-order valence-corrected chi connectivity index (χ0v) is 6.37. The van der Waals surface area contributed by atoms with E-state index in [0.29, 0.717) is 5.78 Å². The van der Waals surface area contributed by atoms with Crippen LogP contribution in [0.15, 0.2) is 6.07 Å². The summed E-state index contributed by atoms with van der Waals surface area (Å²) >= 11 is 0. The van der Waals surface area contributed by atoms with E-state index in [1.54, 1.807) is 4.52 Å². The fourth-order valence-electron chi connectivity index (χ4n) is 1.07. The van der Waals surface area contributed by atoms with Crippen LogP contribution in [0.4, 0.5) is 0 Å². The Hall–Kier alpha value is -1.45. The van der Waals surface area contributed by atoms with Gasteiger partial charge in [-0.1, -0.05) is 0 Å². The summed E-state index contributed by atoms with van der Waals surface area (Å²) in [5.74, 6) is 0.613. The second kappa shape index (κ2) is 2.02. The van der Waals surface area contributed by atoms with Gasteiger partial charge < -0.3 is 0 Å². The highest BCUT2D eigenvalue weighted by molar-refractivity contribution is 5.28. The van der Waals surface area contributed by atoms with Gasteiger partial charge in [-0.05, 0) is 19.9 Å². The number of hydrogen-bond acceptors (Lipinski definition) is 3. The molecule has 0 aromatic carbocycles. The van der Waals surface area contributed by atoms with Gasteiger partial charge in [0.05, 0.1) is 0 Å². The Morgan fingerprint density at radius 3 is 3.09 bits per heavy atom. The minimum atomic E-state index is 0.613. The minimum absolute atomic E-state index is 0.613. The van der Waals surface area contributed by atoms with Gasteiger partial charge in [0, 0.05) is 11.4 Å². The van der Waals surface area contributed by atoms with E-state index in [4.69, 9.17) is 0 Å². The Balaban J connectivity index is 2.91. The molecule has 0 fully saturated rings. The average Bonchev–Trinajstić information content (AvgIpc) is 2.34. The van der Waals surface area contributed by atoms with Gasteiger partial charge in [0.1, 0.15) is 0 Å². The maximum absolute atomic E-state index is 4.15. The van der Waals surface area contributed by atoms with E-state index in [9.17, 15) is 0 Å². The molecule has 0 atom stereocenters. The predicted molar refractivity (Wildman–Crippen MR) is 39.1 cm³/mol. The molecule has 0 N–H and O–H groups in total. The van der Waals surface area contributed by atoms with Crippen LogP contribution >= 0.6 is 0 Å². The van der Waals surface area contributed by atoms with Crippen LogP contribution in [-0.2, 0) is 0 Å². The van der Waals surface area contributed by atoms with Gasteiger partial charge in [0.25, 0.3) is 5.78 Å². The molecular weight excluding hydrogens is 140 g/mol. The molecule has 2 heterocycles. The molecule has 11 heavy (non-hydrogen) atoms. The smallest absolute Gasteiger partial charge is 0.216 e. The quantitative estimate of drug-likeness (QED) is 0.546. The van der Waals surface area contributed by atoms with Gasteiger partial charge in [-0.2, -0.15) is 4.98 Å². The first-order chi connectivity index (χ1) is 5.27. The lowest BCUT2D eigenvalue weighted by molar-refractivity contribution is 0.882. The predicted octanol–water partition coefficient (Wildman–Crippen LogP) is 0.541. The van der Waals surface area contributed by atoms with Gasteiger partial charge in [0.15, 0.2) is 0 Å². The number of fused-ring (bicyclic) bond motifs is 1. The Kier molecular flexibility index (Phi) is 1.15. The molecule has 0 amide bonds. The highest BCUT2D eigenvalue weighted by Gasteiger charge is 1.99. The zero-order chi connectivity index (χ0) is 7.84. The van der Waals surface area contributed by atoms with Crippen molar-refractivity contribution in [2.45, 2.75) is 13.8 Å². The number of nitrogens with zero attached hydrogens (tertiary/aromatic N) is 4. The molecule has 0 aliphatic heterocycles. The maximum atomic E-state index is 4.15. The third kappa shape index (κ3) is 0.869. The van der Waals surface area contributed by atoms with Gasteiger partial charge >= 0.3 is 0 Å². The summed E-state index contributed by atoms with van der Waals surface area (Å²) in [5, 5.41) is 3.88. The van der Waals surface area contributed by atoms with Crippen LogP contribution in [0.1, 0.15) is 11.4 Å². The van der Waals surface area contributed by atoms with Crippen LogP contribution in [0.2, 0.25) is 0 Å². The van der Waals surface area contributed by atoms with Crippen LogP contribution in [-0.4, -0.2) is 19.6 Å². The zero-order valence-electron chi connectivity index (χ0n) is 6.37. The van der Waals surface area contributed by atoms with E-state index in [-0.39, 0.29) is 0 Å². The highest BCUT2D eigenvalue weighted by Crippen LogP contribution is 2.01. The lowest BCUT2D eigenvalue weighted by atomic mass is 10.4. The summed E-state index contributed by atoms with van der Waals surface area (Å²) in [6.45, 7) is 3.89. The highest BCUT2D eigenvalue weighted by atomic mass is 15.3. The largest absolute Gasteiger partial charge is 0.253 e. The van der Waals surface area contributed by atoms with Crippen molar-refractivity contribution in [1.82, 2.24) is 19.6 Å². The third-order valence-corrected chi connectivity index (χ3v) is 1.51. The van der Waals surface area contributed by atoms with Gasteiger partial charge in [0.2, 0.25) is 6.33 Å². The second-order valence-corrected chi connectivity index (χ2v) is 2.46. The standard InChI is InChI=1S/C7H7N4/c1-5-3-6(2)11-7(10-5)8-4-9-11/h3H,1-2H3. The lowest BCUT2D eigenvalue weighted by Gasteiger charge is -1.96. The maximum Gasteiger partial charge on any atom is 0.253 e. The van der Waals surface area contributed by atoms with E-state index >= 15 is 0 Å². The van der Waals surface area contributed by atoms with Crippen LogP contribution in [0.5, 0.6) is 0 Å². The number of rotatable bonds is 0. The number of hydrogen-bond donors (Lipinski definition) is 0. The van der Waals surface area contributed by atoms with Crippen LogP contribution in [0, 0.1) is 20.2 Å². The summed E-state index contributed by atoms with van der Waals surface area (Å²) in [7, 11) is 0. The van der Waals surface area contributed by atoms with E-state index in [2.05, 4.69) is 21.4 Å². The van der Waals surface area contributed by atoms with Crippen molar-refractivity contribution in [3.05, 3.63) is 23.8 Å². The van der Waals surface area contributed by atoms with Crippen molar-refractivity contribution in [3.63, 3.8) is 0 Å². The first kappa shape index (κ1) is 6.27. The van der Waals surface area contributed by atoms with E-state index in [0.717, 1.165) is 11.4 Å². The van der Waals surface area contributed by atoms with E-state index in [1.807, 2.05) is 19.9 Å². The summed E-state index contributed by atoms with van der Waals surface area (Å²) < 4.78 is 1.66. The third-order valence-electron chi connectivity index (χ3n) is 1.51. The van der Waals surface area contributed by atoms with E-state index < -0.39 is 0 Å². The lowest BCUT2D eigenvalue weighted by Crippen LogP contribution is -1.97.